The van der Waals surface area contributed by atoms with Crippen LogP contribution in [0.25, 0.3) is 0 Å². The second kappa shape index (κ2) is 9.11. The minimum absolute atomic E-state index is 0.0863. The van der Waals surface area contributed by atoms with Crippen molar-refractivity contribution in [3.63, 3.8) is 0 Å². The fourth-order valence-corrected chi connectivity index (χ4v) is 3.53. The van der Waals surface area contributed by atoms with E-state index >= 15 is 0 Å². The quantitative estimate of drug-likeness (QED) is 0.632. The van der Waals surface area contributed by atoms with E-state index in [2.05, 4.69) is 0 Å². The molecule has 0 saturated carbocycles. The zero-order valence-electron chi connectivity index (χ0n) is 16.1. The van der Waals surface area contributed by atoms with E-state index in [0.29, 0.717) is 17.5 Å². The molecule has 1 atom stereocenters. The fourth-order valence-electron chi connectivity index (χ4n) is 3.53. The van der Waals surface area contributed by atoms with Crippen LogP contribution >= 0.6 is 0 Å². The lowest BCUT2D eigenvalue weighted by molar-refractivity contribution is -0.138. The Balaban J connectivity index is 0.000000177. The lowest BCUT2D eigenvalue weighted by Crippen LogP contribution is -2.12. The number of carbonyl (C=O) groups is 3. The molecule has 0 spiro atoms. The van der Waals surface area contributed by atoms with E-state index in [4.69, 9.17) is 5.11 Å². The Morgan fingerprint density at radius 3 is 1.69 bits per heavy atom. The van der Waals surface area contributed by atoms with Gasteiger partial charge in [-0.2, -0.15) is 0 Å². The molecule has 3 aromatic rings. The van der Waals surface area contributed by atoms with E-state index in [1.807, 2.05) is 67.6 Å². The van der Waals surface area contributed by atoms with Gasteiger partial charge in [0.25, 0.3) is 0 Å². The summed E-state index contributed by atoms with van der Waals surface area (Å²) in [7, 11) is 0. The smallest absolute Gasteiger partial charge is 0.310 e. The number of Topliss-reactive ketones (excluding diaryl/α,β-unsaturated/α-hetero) is 2. The van der Waals surface area contributed by atoms with E-state index in [-0.39, 0.29) is 17.5 Å². The van der Waals surface area contributed by atoms with Crippen molar-refractivity contribution in [3.8, 4) is 0 Å². The Hall–Kier alpha value is -3.53. The average Bonchev–Trinajstić information content (AvgIpc) is 3.01. The normalized spacial score (nSPS) is 14.0. The molecule has 3 aromatic carbocycles. The molecule has 0 fully saturated rings. The molecule has 1 aliphatic rings. The molecule has 4 nitrogen and oxygen atoms in total. The van der Waals surface area contributed by atoms with Gasteiger partial charge in [-0.1, -0.05) is 91.9 Å². The molecular weight excluding hydrogens is 364 g/mol. The Morgan fingerprint density at radius 1 is 0.793 bits per heavy atom. The molecule has 4 heteroatoms. The highest BCUT2D eigenvalue weighted by molar-refractivity contribution is 6.29. The Labute approximate surface area is 169 Å². The third-order valence-electron chi connectivity index (χ3n) is 5.02. The van der Waals surface area contributed by atoms with Crippen LogP contribution in [0.5, 0.6) is 0 Å². The summed E-state index contributed by atoms with van der Waals surface area (Å²) in [4.78, 5) is 35.1. The van der Waals surface area contributed by atoms with Crippen molar-refractivity contribution < 1.29 is 19.5 Å². The molecule has 0 bridgehead atoms. The summed E-state index contributed by atoms with van der Waals surface area (Å²) in [5, 5.41) is 8.83. The minimum Gasteiger partial charge on any atom is -0.481 e. The Morgan fingerprint density at radius 2 is 1.24 bits per heavy atom. The highest BCUT2D eigenvalue weighted by Crippen LogP contribution is 2.33. The van der Waals surface area contributed by atoms with Crippen LogP contribution in [0.4, 0.5) is 0 Å². The lowest BCUT2D eigenvalue weighted by atomic mass is 9.94. The van der Waals surface area contributed by atoms with Crippen LogP contribution in [0.1, 0.15) is 57.0 Å². The van der Waals surface area contributed by atoms with Gasteiger partial charge in [0.05, 0.1) is 5.92 Å². The van der Waals surface area contributed by atoms with Gasteiger partial charge >= 0.3 is 5.97 Å². The summed E-state index contributed by atoms with van der Waals surface area (Å²) < 4.78 is 0. The third kappa shape index (κ3) is 4.32. The molecule has 1 unspecified atom stereocenters. The number of carboxylic acids is 1. The average molecular weight is 386 g/mol. The number of fused-ring (bicyclic) bond motifs is 1. The van der Waals surface area contributed by atoms with Gasteiger partial charge in [-0.15, -0.1) is 0 Å². The van der Waals surface area contributed by atoms with Crippen molar-refractivity contribution in [2.24, 2.45) is 0 Å². The molecule has 0 radical (unpaired) electrons. The highest BCUT2D eigenvalue weighted by Gasteiger charge is 2.38. The van der Waals surface area contributed by atoms with Crippen LogP contribution in [-0.4, -0.2) is 22.6 Å². The van der Waals surface area contributed by atoms with Crippen LogP contribution in [0, 0.1) is 0 Å². The summed E-state index contributed by atoms with van der Waals surface area (Å²) in [6.45, 7) is 1.88. The number of carboxylic acid groups (broad SMARTS) is 1. The molecule has 1 aliphatic carbocycles. The van der Waals surface area contributed by atoms with E-state index in [0.717, 1.165) is 11.1 Å². The first-order valence-electron chi connectivity index (χ1n) is 9.54. The zero-order valence-corrected chi connectivity index (χ0v) is 16.1. The number of rotatable bonds is 4. The van der Waals surface area contributed by atoms with Gasteiger partial charge in [-0.05, 0) is 17.5 Å². The van der Waals surface area contributed by atoms with E-state index in [9.17, 15) is 14.4 Å². The van der Waals surface area contributed by atoms with E-state index in [1.165, 1.54) is 0 Å². The number of carbonyl (C=O) groups excluding carboxylic acids is 2. The first-order chi connectivity index (χ1) is 14.0. The SMILES string of the molecule is CCC(C(=O)O)c1ccccc1.O=C1c2ccccc2C(=O)C1c1ccccc1. The maximum atomic E-state index is 12.2. The second-order valence-electron chi connectivity index (χ2n) is 6.83. The van der Waals surface area contributed by atoms with Gasteiger partial charge in [0.2, 0.25) is 0 Å². The summed E-state index contributed by atoms with van der Waals surface area (Å²) in [5.41, 5.74) is 2.75. The molecule has 0 aromatic heterocycles. The summed E-state index contributed by atoms with van der Waals surface area (Å²) in [5.74, 6) is -1.92. The molecule has 29 heavy (non-hydrogen) atoms. The van der Waals surface area contributed by atoms with Crippen LogP contribution in [0.2, 0.25) is 0 Å². The molecule has 0 aliphatic heterocycles. The van der Waals surface area contributed by atoms with Gasteiger partial charge in [0, 0.05) is 11.1 Å². The van der Waals surface area contributed by atoms with Gasteiger partial charge in [0.15, 0.2) is 11.6 Å². The molecule has 0 amide bonds. The highest BCUT2D eigenvalue weighted by atomic mass is 16.4. The molecule has 1 N–H and O–H groups in total. The van der Waals surface area contributed by atoms with Gasteiger partial charge < -0.3 is 5.11 Å². The van der Waals surface area contributed by atoms with Gasteiger partial charge in [0.1, 0.15) is 5.92 Å². The van der Waals surface area contributed by atoms with Crippen molar-refractivity contribution in [3.05, 3.63) is 107 Å². The predicted octanol–water partition coefficient (Wildman–Crippen LogP) is 5.11. The number of aliphatic carboxylic acids is 1. The molecule has 4 rings (SSSR count). The van der Waals surface area contributed by atoms with E-state index < -0.39 is 11.9 Å². The van der Waals surface area contributed by atoms with Crippen LogP contribution < -0.4 is 0 Å². The molecular formula is C25H22O4. The van der Waals surface area contributed by atoms with Crippen molar-refractivity contribution in [2.75, 3.05) is 0 Å². The second-order valence-corrected chi connectivity index (χ2v) is 6.83. The zero-order chi connectivity index (χ0) is 20.8. The Kier molecular flexibility index (Phi) is 6.35. The van der Waals surface area contributed by atoms with Crippen molar-refractivity contribution in [1.29, 1.82) is 0 Å². The number of ketones is 2. The predicted molar refractivity (Wildman–Crippen MR) is 111 cm³/mol. The largest absolute Gasteiger partial charge is 0.481 e. The lowest BCUT2D eigenvalue weighted by Gasteiger charge is -2.08. The maximum absolute atomic E-state index is 12.2. The van der Waals surface area contributed by atoms with E-state index in [1.54, 1.807) is 24.3 Å². The standard InChI is InChI=1S/C15H10O2.C10H12O2/c16-14-11-8-4-5-9-12(11)15(17)13(14)10-6-2-1-3-7-10;1-2-9(10(11)12)8-6-4-3-5-7-8/h1-9,13H;3-7,9H,2H2,1H3,(H,11,12). The third-order valence-corrected chi connectivity index (χ3v) is 5.02. The molecule has 146 valence electrons. The monoisotopic (exact) mass is 386 g/mol. The summed E-state index contributed by atoms with van der Waals surface area (Å²) >= 11 is 0. The van der Waals surface area contributed by atoms with Crippen LogP contribution in [0.15, 0.2) is 84.9 Å². The minimum atomic E-state index is -0.747. The number of hydrogen-bond donors (Lipinski definition) is 1. The maximum Gasteiger partial charge on any atom is 0.310 e. The van der Waals surface area contributed by atoms with Crippen LogP contribution in [0.3, 0.4) is 0 Å². The van der Waals surface area contributed by atoms with Crippen molar-refractivity contribution in [2.45, 2.75) is 25.2 Å². The van der Waals surface area contributed by atoms with Gasteiger partial charge in [-0.3, -0.25) is 14.4 Å². The van der Waals surface area contributed by atoms with Crippen LogP contribution in [-0.2, 0) is 4.79 Å². The Bertz CT molecular complexity index is 974. The summed E-state index contributed by atoms with van der Waals surface area (Å²) in [6, 6.07) is 25.5. The fraction of sp³-hybridized carbons (Fsp3) is 0.160. The first kappa shape index (κ1) is 20.2. The number of hydrogen-bond acceptors (Lipinski definition) is 3. The molecule has 0 heterocycles. The van der Waals surface area contributed by atoms with Crippen molar-refractivity contribution in [1.82, 2.24) is 0 Å². The molecule has 0 saturated heterocycles. The van der Waals surface area contributed by atoms with Crippen molar-refractivity contribution >= 4 is 17.5 Å². The summed E-state index contributed by atoms with van der Waals surface area (Å²) in [6.07, 6.45) is 0.638. The topological polar surface area (TPSA) is 71.4 Å². The first-order valence-corrected chi connectivity index (χ1v) is 9.54. The number of benzene rings is 3. The van der Waals surface area contributed by atoms with Gasteiger partial charge in [-0.25, -0.2) is 0 Å².